The maximum atomic E-state index is 11.3. The Morgan fingerprint density at radius 2 is 1.77 bits per heavy atom. The molecule has 1 N–H and O–H groups in total. The molecule has 0 unspecified atom stereocenters. The van der Waals surface area contributed by atoms with Crippen LogP contribution in [0.2, 0.25) is 0 Å². The van der Waals surface area contributed by atoms with Crippen molar-refractivity contribution < 1.29 is 19.5 Å². The first-order chi connectivity index (χ1) is 10.6. The molecule has 22 heavy (non-hydrogen) atoms. The van der Waals surface area contributed by atoms with E-state index in [1.807, 2.05) is 30.3 Å². The molecule has 0 aromatic heterocycles. The summed E-state index contributed by atoms with van der Waals surface area (Å²) in [5.41, 5.74) is 0.977. The van der Waals surface area contributed by atoms with Gasteiger partial charge in [0.2, 0.25) is 0 Å². The Bertz CT molecular complexity index is 686. The topological polar surface area (TPSA) is 81.8 Å². The van der Waals surface area contributed by atoms with Gasteiger partial charge in [-0.3, -0.25) is 10.1 Å². The van der Waals surface area contributed by atoms with E-state index < -0.39 is 11.0 Å². The van der Waals surface area contributed by atoms with Crippen LogP contribution in [0.25, 0.3) is 0 Å². The summed E-state index contributed by atoms with van der Waals surface area (Å²) in [6.07, 6.45) is -0.694. The van der Waals surface area contributed by atoms with Gasteiger partial charge in [-0.15, -0.1) is 0 Å². The zero-order chi connectivity index (χ0) is 15.5. The molecule has 1 atom stereocenters. The second-order valence-electron chi connectivity index (χ2n) is 5.02. The van der Waals surface area contributed by atoms with E-state index in [0.717, 1.165) is 5.56 Å². The van der Waals surface area contributed by atoms with Crippen molar-refractivity contribution in [3.05, 3.63) is 63.7 Å². The fourth-order valence-corrected chi connectivity index (χ4v) is 2.47. The van der Waals surface area contributed by atoms with Gasteiger partial charge in [0.15, 0.2) is 11.5 Å². The van der Waals surface area contributed by atoms with Gasteiger partial charge in [-0.25, -0.2) is 0 Å². The van der Waals surface area contributed by atoms with Gasteiger partial charge < -0.3 is 14.6 Å². The van der Waals surface area contributed by atoms with Crippen LogP contribution in [0.15, 0.2) is 42.5 Å². The van der Waals surface area contributed by atoms with Gasteiger partial charge in [0.1, 0.15) is 13.2 Å². The fourth-order valence-electron chi connectivity index (χ4n) is 2.47. The van der Waals surface area contributed by atoms with E-state index in [0.29, 0.717) is 31.1 Å². The van der Waals surface area contributed by atoms with Crippen molar-refractivity contribution in [2.75, 3.05) is 13.2 Å². The summed E-state index contributed by atoms with van der Waals surface area (Å²) in [4.78, 5) is 10.8. The van der Waals surface area contributed by atoms with Crippen molar-refractivity contribution >= 4 is 5.69 Å². The number of hydrogen-bond acceptors (Lipinski definition) is 5. The van der Waals surface area contributed by atoms with Crippen LogP contribution in [-0.4, -0.2) is 23.2 Å². The molecule has 1 heterocycles. The lowest BCUT2D eigenvalue weighted by atomic mass is 9.99. The number of ether oxygens (including phenoxy) is 2. The Hall–Kier alpha value is -2.60. The predicted molar refractivity (Wildman–Crippen MR) is 79.2 cm³/mol. The standard InChI is InChI=1S/C16H15NO5/c18-14(8-11-4-2-1-3-5-11)12-9-15-16(22-7-6-21-15)10-13(12)17(19)20/h1-5,9-10,14,18H,6-8H2/t14-/m0/s1. The summed E-state index contributed by atoms with van der Waals surface area (Å²) in [6, 6.07) is 12.2. The number of benzene rings is 2. The minimum absolute atomic E-state index is 0.160. The molecule has 6 heteroatoms. The number of fused-ring (bicyclic) bond motifs is 1. The first kappa shape index (κ1) is 14.3. The molecular weight excluding hydrogens is 286 g/mol. The molecular formula is C16H15NO5. The largest absolute Gasteiger partial charge is 0.486 e. The normalized spacial score (nSPS) is 14.4. The van der Waals surface area contributed by atoms with Gasteiger partial charge in [0.05, 0.1) is 22.7 Å². The quantitative estimate of drug-likeness (QED) is 0.693. The first-order valence-corrected chi connectivity index (χ1v) is 6.95. The number of nitro benzene ring substituents is 1. The highest BCUT2D eigenvalue weighted by atomic mass is 16.6. The highest BCUT2D eigenvalue weighted by Crippen LogP contribution is 2.39. The van der Waals surface area contributed by atoms with Crippen molar-refractivity contribution in [1.29, 1.82) is 0 Å². The molecule has 0 fully saturated rings. The van der Waals surface area contributed by atoms with E-state index in [9.17, 15) is 15.2 Å². The Morgan fingerprint density at radius 3 is 2.41 bits per heavy atom. The maximum Gasteiger partial charge on any atom is 0.279 e. The molecule has 1 aliphatic rings. The number of aliphatic hydroxyl groups excluding tert-OH is 1. The van der Waals surface area contributed by atoms with Crippen LogP contribution < -0.4 is 9.47 Å². The molecule has 0 saturated carbocycles. The highest BCUT2D eigenvalue weighted by Gasteiger charge is 2.26. The SMILES string of the molecule is O=[N+]([O-])c1cc2c(cc1[C@@H](O)Cc1ccccc1)OCCO2. The zero-order valence-electron chi connectivity index (χ0n) is 11.8. The zero-order valence-corrected chi connectivity index (χ0v) is 11.8. The summed E-state index contributed by atoms with van der Waals surface area (Å²) in [7, 11) is 0. The monoisotopic (exact) mass is 301 g/mol. The van der Waals surface area contributed by atoms with Crippen molar-refractivity contribution in [3.8, 4) is 11.5 Å². The first-order valence-electron chi connectivity index (χ1n) is 6.95. The Morgan fingerprint density at radius 1 is 1.14 bits per heavy atom. The Labute approximate surface area is 127 Å². The minimum atomic E-state index is -0.987. The number of rotatable bonds is 4. The van der Waals surface area contributed by atoms with Crippen LogP contribution in [-0.2, 0) is 6.42 Å². The van der Waals surface area contributed by atoms with Crippen molar-refractivity contribution in [2.24, 2.45) is 0 Å². The lowest BCUT2D eigenvalue weighted by Crippen LogP contribution is -2.16. The number of nitrogens with zero attached hydrogens (tertiary/aromatic N) is 1. The van der Waals surface area contributed by atoms with E-state index >= 15 is 0 Å². The molecule has 6 nitrogen and oxygen atoms in total. The molecule has 0 amide bonds. The summed E-state index contributed by atoms with van der Waals surface area (Å²) in [5, 5.41) is 21.7. The van der Waals surface area contributed by atoms with E-state index in [-0.39, 0.29) is 11.3 Å². The van der Waals surface area contributed by atoms with Crippen molar-refractivity contribution in [3.63, 3.8) is 0 Å². The summed E-state index contributed by atoms with van der Waals surface area (Å²) in [5.74, 6) is 0.771. The molecule has 0 radical (unpaired) electrons. The van der Waals surface area contributed by atoms with E-state index in [2.05, 4.69) is 0 Å². The van der Waals surface area contributed by atoms with Gasteiger partial charge in [-0.1, -0.05) is 30.3 Å². The number of aliphatic hydroxyl groups is 1. The molecule has 114 valence electrons. The lowest BCUT2D eigenvalue weighted by Gasteiger charge is -2.20. The summed E-state index contributed by atoms with van der Waals surface area (Å²) >= 11 is 0. The molecule has 3 rings (SSSR count). The second kappa shape index (κ2) is 6.03. The summed E-state index contributed by atoms with van der Waals surface area (Å²) in [6.45, 7) is 0.745. The molecule has 2 aromatic rings. The van der Waals surface area contributed by atoms with Crippen LogP contribution in [0.4, 0.5) is 5.69 Å². The molecule has 0 aliphatic carbocycles. The average molecular weight is 301 g/mol. The minimum Gasteiger partial charge on any atom is -0.486 e. The van der Waals surface area contributed by atoms with Crippen LogP contribution in [0.3, 0.4) is 0 Å². The van der Waals surface area contributed by atoms with E-state index in [1.165, 1.54) is 12.1 Å². The smallest absolute Gasteiger partial charge is 0.279 e. The molecule has 0 bridgehead atoms. The second-order valence-corrected chi connectivity index (χ2v) is 5.02. The third-order valence-corrected chi connectivity index (χ3v) is 3.52. The van der Waals surface area contributed by atoms with Crippen molar-refractivity contribution in [2.45, 2.75) is 12.5 Å². The van der Waals surface area contributed by atoms with Crippen molar-refractivity contribution in [1.82, 2.24) is 0 Å². The van der Waals surface area contributed by atoms with Gasteiger partial charge in [0.25, 0.3) is 5.69 Å². The predicted octanol–water partition coefficient (Wildman–Crippen LogP) is 2.64. The third-order valence-electron chi connectivity index (χ3n) is 3.52. The Kier molecular flexibility index (Phi) is 3.93. The molecule has 2 aromatic carbocycles. The maximum absolute atomic E-state index is 11.3. The van der Waals surface area contributed by atoms with E-state index in [4.69, 9.17) is 9.47 Å². The Balaban J connectivity index is 1.95. The lowest BCUT2D eigenvalue weighted by molar-refractivity contribution is -0.386. The van der Waals surface area contributed by atoms with Crippen LogP contribution in [0.5, 0.6) is 11.5 Å². The van der Waals surface area contributed by atoms with Crippen LogP contribution in [0.1, 0.15) is 17.2 Å². The third kappa shape index (κ3) is 2.87. The fraction of sp³-hybridized carbons (Fsp3) is 0.250. The summed E-state index contributed by atoms with van der Waals surface area (Å²) < 4.78 is 10.8. The number of nitro groups is 1. The van der Waals surface area contributed by atoms with Crippen LogP contribution >= 0.6 is 0 Å². The number of hydrogen-bond donors (Lipinski definition) is 1. The van der Waals surface area contributed by atoms with Gasteiger partial charge in [-0.2, -0.15) is 0 Å². The molecule has 1 aliphatic heterocycles. The molecule has 0 spiro atoms. The van der Waals surface area contributed by atoms with E-state index in [1.54, 1.807) is 0 Å². The molecule has 0 saturated heterocycles. The van der Waals surface area contributed by atoms with Gasteiger partial charge in [-0.05, 0) is 11.6 Å². The highest BCUT2D eigenvalue weighted by molar-refractivity contribution is 5.55. The van der Waals surface area contributed by atoms with Gasteiger partial charge in [0, 0.05) is 6.42 Å². The average Bonchev–Trinajstić information content (AvgIpc) is 2.54. The van der Waals surface area contributed by atoms with Crippen LogP contribution in [0, 0.1) is 10.1 Å². The van der Waals surface area contributed by atoms with Gasteiger partial charge >= 0.3 is 0 Å².